The maximum Gasteiger partial charge on any atom is 0.408 e. The fourth-order valence-corrected chi connectivity index (χ4v) is 4.04. The molecule has 8 heteroatoms. The Bertz CT molecular complexity index is 1190. The zero-order chi connectivity index (χ0) is 24.1. The lowest BCUT2D eigenvalue weighted by molar-refractivity contribution is -0.143. The van der Waals surface area contributed by atoms with Crippen molar-refractivity contribution in [1.82, 2.24) is 10.2 Å². The molecule has 1 N–H and O–H groups in total. The van der Waals surface area contributed by atoms with Crippen molar-refractivity contribution in [3.8, 4) is 0 Å². The average molecular weight is 460 g/mol. The van der Waals surface area contributed by atoms with Crippen LogP contribution in [0.3, 0.4) is 0 Å². The summed E-state index contributed by atoms with van der Waals surface area (Å²) in [6.45, 7) is 0.152. The Balaban J connectivity index is 1.38. The molecule has 0 spiro atoms. The molecule has 0 saturated heterocycles. The van der Waals surface area contributed by atoms with Crippen molar-refractivity contribution in [2.45, 2.75) is 25.5 Å². The molecule has 0 saturated carbocycles. The Morgan fingerprint density at radius 2 is 1.56 bits per heavy atom. The van der Waals surface area contributed by atoms with Gasteiger partial charge in [0.15, 0.2) is 0 Å². The number of amides is 3. The van der Waals surface area contributed by atoms with Crippen LogP contribution in [0.5, 0.6) is 0 Å². The highest BCUT2D eigenvalue weighted by atomic mass is 16.6. The van der Waals surface area contributed by atoms with Gasteiger partial charge in [-0.15, -0.1) is 0 Å². The number of alkyl carbamates (subject to hydrolysis) is 1. The number of nitrogens with zero attached hydrogens (tertiary/aromatic N) is 1. The molecule has 0 radical (unpaired) electrons. The number of nitrogens with one attached hydrogen (secondary N) is 1. The number of esters is 1. The lowest BCUT2D eigenvalue weighted by Crippen LogP contribution is -2.44. The van der Waals surface area contributed by atoms with Gasteiger partial charge in [-0.25, -0.2) is 9.59 Å². The molecule has 0 aromatic heterocycles. The van der Waals surface area contributed by atoms with Crippen LogP contribution in [0.2, 0.25) is 0 Å². The van der Waals surface area contributed by atoms with Gasteiger partial charge < -0.3 is 14.8 Å². The summed E-state index contributed by atoms with van der Waals surface area (Å²) in [5.74, 6) is -1.39. The number of benzene rings is 3. The van der Waals surface area contributed by atoms with Crippen molar-refractivity contribution in [2.75, 3.05) is 13.7 Å². The van der Waals surface area contributed by atoms with Crippen LogP contribution in [0, 0.1) is 0 Å². The molecular weight excluding hydrogens is 436 g/mol. The maximum absolute atomic E-state index is 13.0. The number of carbonyl (C=O) groups excluding carboxylic acids is 4. The second-order valence-electron chi connectivity index (χ2n) is 7.90. The van der Waals surface area contributed by atoms with Crippen LogP contribution in [0.4, 0.5) is 4.79 Å². The smallest absolute Gasteiger partial charge is 0.408 e. The first-order valence-electron chi connectivity index (χ1n) is 10.9. The average Bonchev–Trinajstić information content (AvgIpc) is 2.87. The van der Waals surface area contributed by atoms with E-state index >= 15 is 0 Å². The van der Waals surface area contributed by atoms with E-state index in [9.17, 15) is 19.2 Å². The first-order chi connectivity index (χ1) is 16.5. The monoisotopic (exact) mass is 460 g/mol. The molecule has 1 atom stereocenters. The first kappa shape index (κ1) is 23.0. The second kappa shape index (κ2) is 10.2. The van der Waals surface area contributed by atoms with E-state index in [1.54, 1.807) is 24.3 Å². The van der Waals surface area contributed by atoms with Crippen molar-refractivity contribution < 1.29 is 28.7 Å². The highest BCUT2D eigenvalue weighted by molar-refractivity contribution is 6.25. The molecule has 0 unspecified atom stereocenters. The highest BCUT2D eigenvalue weighted by Crippen LogP contribution is 2.30. The van der Waals surface area contributed by atoms with Crippen molar-refractivity contribution in [2.24, 2.45) is 0 Å². The van der Waals surface area contributed by atoms with Crippen LogP contribution in [0.1, 0.15) is 39.1 Å². The summed E-state index contributed by atoms with van der Waals surface area (Å²) in [6, 6.07) is 18.9. The van der Waals surface area contributed by atoms with Crippen LogP contribution in [0.15, 0.2) is 66.7 Å². The summed E-state index contributed by atoms with van der Waals surface area (Å²) in [7, 11) is 1.22. The number of hydrogen-bond donors (Lipinski definition) is 1. The minimum Gasteiger partial charge on any atom is -0.467 e. The summed E-state index contributed by atoms with van der Waals surface area (Å²) in [6.07, 6.45) is -0.310. The normalized spacial score (nSPS) is 13.5. The number of ether oxygens (including phenoxy) is 2. The summed E-state index contributed by atoms with van der Waals surface area (Å²) in [5, 5.41) is 4.00. The van der Waals surface area contributed by atoms with Gasteiger partial charge in [0.2, 0.25) is 0 Å². The van der Waals surface area contributed by atoms with Gasteiger partial charge in [0, 0.05) is 23.1 Å². The Labute approximate surface area is 196 Å². The maximum atomic E-state index is 13.0. The molecule has 174 valence electrons. The molecule has 0 fully saturated rings. The van der Waals surface area contributed by atoms with Gasteiger partial charge in [-0.05, 0) is 35.9 Å². The van der Waals surface area contributed by atoms with Gasteiger partial charge in [0.1, 0.15) is 12.6 Å². The van der Waals surface area contributed by atoms with E-state index in [1.165, 1.54) is 12.0 Å². The summed E-state index contributed by atoms with van der Waals surface area (Å²) >= 11 is 0. The van der Waals surface area contributed by atoms with Crippen LogP contribution in [-0.2, 0) is 20.9 Å². The van der Waals surface area contributed by atoms with Crippen molar-refractivity contribution in [3.63, 3.8) is 0 Å². The fraction of sp³-hybridized carbons (Fsp3) is 0.231. The van der Waals surface area contributed by atoms with Crippen molar-refractivity contribution >= 4 is 34.6 Å². The van der Waals surface area contributed by atoms with Crippen LogP contribution >= 0.6 is 0 Å². The minimum atomic E-state index is -0.973. The zero-order valence-electron chi connectivity index (χ0n) is 18.7. The van der Waals surface area contributed by atoms with Gasteiger partial charge in [0.05, 0.1) is 7.11 Å². The molecular formula is C26H24N2O6. The Kier molecular flexibility index (Phi) is 6.87. The molecule has 0 bridgehead atoms. The van der Waals surface area contributed by atoms with Crippen LogP contribution in [0.25, 0.3) is 10.8 Å². The summed E-state index contributed by atoms with van der Waals surface area (Å²) < 4.78 is 9.97. The van der Waals surface area contributed by atoms with Gasteiger partial charge in [0.25, 0.3) is 11.8 Å². The second-order valence-corrected chi connectivity index (χ2v) is 7.90. The van der Waals surface area contributed by atoms with Gasteiger partial charge >= 0.3 is 12.1 Å². The van der Waals surface area contributed by atoms with Crippen LogP contribution in [-0.4, -0.2) is 48.5 Å². The molecule has 3 aromatic carbocycles. The van der Waals surface area contributed by atoms with E-state index in [-0.39, 0.29) is 37.8 Å². The molecule has 4 rings (SSSR count). The third-order valence-corrected chi connectivity index (χ3v) is 5.72. The third kappa shape index (κ3) is 4.76. The number of carbonyl (C=O) groups is 4. The van der Waals surface area contributed by atoms with E-state index < -0.39 is 18.1 Å². The molecule has 3 amide bonds. The largest absolute Gasteiger partial charge is 0.467 e. The number of imide groups is 1. The number of rotatable bonds is 8. The predicted octanol–water partition coefficient (Wildman–Crippen LogP) is 3.68. The summed E-state index contributed by atoms with van der Waals surface area (Å²) in [5.41, 5.74) is 1.75. The Morgan fingerprint density at radius 3 is 2.18 bits per heavy atom. The summed E-state index contributed by atoms with van der Waals surface area (Å²) in [4.78, 5) is 51.6. The SMILES string of the molecule is COC(=O)[C@H](CCCN1C(=O)c2cccc3cccc(c23)C1=O)NC(=O)OCc1ccccc1. The van der Waals surface area contributed by atoms with Gasteiger partial charge in [-0.3, -0.25) is 14.5 Å². The number of methoxy groups -OCH3 is 1. The molecule has 0 aliphatic carbocycles. The van der Waals surface area contributed by atoms with E-state index in [4.69, 9.17) is 9.47 Å². The predicted molar refractivity (Wildman–Crippen MR) is 124 cm³/mol. The standard InChI is InChI=1S/C26H24N2O6/c1-33-25(31)21(27-26(32)34-16-17-8-3-2-4-9-17)14-7-15-28-23(29)19-12-5-10-18-11-6-13-20(22(18)19)24(28)30/h2-6,8-13,21H,7,14-16H2,1H3,(H,27,32)/t21-/m0/s1. The van der Waals surface area contributed by atoms with Gasteiger partial charge in [-0.2, -0.15) is 0 Å². The van der Waals surface area contributed by atoms with Crippen molar-refractivity contribution in [3.05, 3.63) is 83.4 Å². The minimum absolute atomic E-state index is 0.0578. The molecule has 1 heterocycles. The quantitative estimate of drug-likeness (QED) is 0.406. The molecule has 1 aliphatic rings. The Morgan fingerprint density at radius 1 is 0.912 bits per heavy atom. The van der Waals surface area contributed by atoms with E-state index in [1.807, 2.05) is 42.5 Å². The zero-order valence-corrected chi connectivity index (χ0v) is 18.7. The third-order valence-electron chi connectivity index (χ3n) is 5.72. The molecule has 3 aromatic rings. The van der Waals surface area contributed by atoms with E-state index in [0.717, 1.165) is 10.9 Å². The van der Waals surface area contributed by atoms with Crippen molar-refractivity contribution in [1.29, 1.82) is 0 Å². The van der Waals surface area contributed by atoms with E-state index in [2.05, 4.69) is 5.32 Å². The molecule has 34 heavy (non-hydrogen) atoms. The molecule has 8 nitrogen and oxygen atoms in total. The van der Waals surface area contributed by atoms with Crippen LogP contribution < -0.4 is 5.32 Å². The molecule has 1 aliphatic heterocycles. The lowest BCUT2D eigenvalue weighted by atomic mass is 9.94. The Hall–Kier alpha value is -4.20. The van der Waals surface area contributed by atoms with E-state index in [0.29, 0.717) is 16.5 Å². The topological polar surface area (TPSA) is 102 Å². The number of hydrogen-bond acceptors (Lipinski definition) is 6. The lowest BCUT2D eigenvalue weighted by Gasteiger charge is -2.27. The van der Waals surface area contributed by atoms with Gasteiger partial charge in [-0.1, -0.05) is 54.6 Å². The highest BCUT2D eigenvalue weighted by Gasteiger charge is 2.32. The fourth-order valence-electron chi connectivity index (χ4n) is 4.04. The first-order valence-corrected chi connectivity index (χ1v) is 10.9.